The Morgan fingerprint density at radius 3 is 2.67 bits per heavy atom. The van der Waals surface area contributed by atoms with E-state index in [1.54, 1.807) is 6.21 Å². The summed E-state index contributed by atoms with van der Waals surface area (Å²) in [5.41, 5.74) is 0. The molecule has 2 aromatic heterocycles. The zero-order valence-electron chi connectivity index (χ0n) is 9.71. The van der Waals surface area contributed by atoms with Gasteiger partial charge in [-0.25, -0.2) is 0 Å². The predicted molar refractivity (Wildman–Crippen MR) is 73.0 cm³/mol. The Hall–Kier alpha value is -1.47. The van der Waals surface area contributed by atoms with Gasteiger partial charge in [-0.15, -0.1) is 0 Å². The molecule has 0 saturated heterocycles. The maximum absolute atomic E-state index is 5.70. The summed E-state index contributed by atoms with van der Waals surface area (Å²) < 4.78 is 8.00. The van der Waals surface area contributed by atoms with Crippen LogP contribution in [0.4, 0.5) is 0 Å². The molecule has 2 N–H and O–H groups in total. The summed E-state index contributed by atoms with van der Waals surface area (Å²) >= 11 is 10.1. The Morgan fingerprint density at radius 1 is 1.39 bits per heavy atom. The molecule has 0 aliphatic heterocycles. The topological polar surface area (TPSA) is 62.0 Å². The maximum Gasteiger partial charge on any atom is 0.215 e. The molecule has 0 unspecified atom stereocenters. The average Bonchev–Trinajstić information content (AvgIpc) is 2.76. The molecule has 5 nitrogen and oxygen atoms in total. The van der Waals surface area contributed by atoms with Crippen molar-refractivity contribution < 1.29 is 4.42 Å². The molecule has 2 atom stereocenters. The first-order chi connectivity index (χ1) is 8.65. The lowest BCUT2D eigenvalue weighted by Crippen LogP contribution is -1.89. The van der Waals surface area contributed by atoms with Gasteiger partial charge in [0.05, 0.1) is 6.21 Å². The summed E-state index contributed by atoms with van der Waals surface area (Å²) in [6, 6.07) is 3.92. The third-order valence-corrected chi connectivity index (χ3v) is 3.63. The molecule has 1 saturated carbocycles. The van der Waals surface area contributed by atoms with E-state index in [2.05, 4.69) is 22.2 Å². The molecule has 94 valence electrons. The lowest BCUT2D eigenvalue weighted by molar-refractivity contribution is 0.500. The number of aromatic nitrogens is 3. The van der Waals surface area contributed by atoms with Crippen molar-refractivity contribution in [2.45, 2.75) is 19.3 Å². The summed E-state index contributed by atoms with van der Waals surface area (Å²) in [6.45, 7) is 2.22. The minimum absolute atomic E-state index is 0.429. The van der Waals surface area contributed by atoms with E-state index < -0.39 is 0 Å². The Morgan fingerprint density at radius 2 is 2.06 bits per heavy atom. The molecule has 3 rings (SSSR count). The van der Waals surface area contributed by atoms with Crippen LogP contribution in [0.2, 0.25) is 0 Å². The van der Waals surface area contributed by atoms with E-state index in [1.807, 2.05) is 12.1 Å². The van der Waals surface area contributed by atoms with Crippen molar-refractivity contribution in [3.05, 3.63) is 33.2 Å². The smallest absolute Gasteiger partial charge is 0.215 e. The van der Waals surface area contributed by atoms with Crippen molar-refractivity contribution in [1.82, 2.24) is 14.9 Å². The van der Waals surface area contributed by atoms with E-state index in [1.165, 1.54) is 11.1 Å². The highest BCUT2D eigenvalue weighted by molar-refractivity contribution is 7.72. The van der Waals surface area contributed by atoms with Crippen molar-refractivity contribution in [2.24, 2.45) is 11.0 Å². The van der Waals surface area contributed by atoms with Gasteiger partial charge in [0, 0.05) is 5.92 Å². The van der Waals surface area contributed by atoms with Gasteiger partial charge in [-0.2, -0.15) is 9.78 Å². The van der Waals surface area contributed by atoms with Gasteiger partial charge in [0.1, 0.15) is 11.5 Å². The number of furan rings is 1. The number of aromatic amines is 2. The van der Waals surface area contributed by atoms with Crippen LogP contribution in [0.5, 0.6) is 0 Å². The van der Waals surface area contributed by atoms with Crippen LogP contribution < -0.4 is 0 Å². The first kappa shape index (κ1) is 11.6. The molecule has 2 aromatic rings. The summed E-state index contributed by atoms with van der Waals surface area (Å²) in [6.07, 6.45) is 2.82. The molecule has 0 spiro atoms. The number of rotatable bonds is 3. The zero-order valence-corrected chi connectivity index (χ0v) is 11.3. The van der Waals surface area contributed by atoms with Gasteiger partial charge in [0.2, 0.25) is 9.54 Å². The molecular weight excluding hydrogens is 268 g/mol. The summed E-state index contributed by atoms with van der Waals surface area (Å²) in [4.78, 5) is 0. The van der Waals surface area contributed by atoms with Gasteiger partial charge < -0.3 is 4.42 Å². The molecule has 1 aliphatic carbocycles. The number of H-pyrrole nitrogens is 2. The second-order valence-electron chi connectivity index (χ2n) is 4.48. The van der Waals surface area contributed by atoms with Crippen molar-refractivity contribution >= 4 is 30.7 Å². The number of nitrogens with zero attached hydrogens (tertiary/aromatic N) is 2. The van der Waals surface area contributed by atoms with Crippen LogP contribution in [0.3, 0.4) is 0 Å². The maximum atomic E-state index is 5.70. The highest BCUT2D eigenvalue weighted by Crippen LogP contribution is 2.47. The van der Waals surface area contributed by atoms with Crippen molar-refractivity contribution in [1.29, 1.82) is 0 Å². The Labute approximate surface area is 114 Å². The van der Waals surface area contributed by atoms with E-state index in [0.717, 1.165) is 11.7 Å². The monoisotopic (exact) mass is 280 g/mol. The zero-order chi connectivity index (χ0) is 12.7. The van der Waals surface area contributed by atoms with Crippen LogP contribution in [-0.2, 0) is 0 Å². The minimum Gasteiger partial charge on any atom is -0.460 e. The highest BCUT2D eigenvalue weighted by atomic mass is 32.1. The van der Waals surface area contributed by atoms with E-state index in [4.69, 9.17) is 28.9 Å². The Kier molecular flexibility index (Phi) is 2.79. The quantitative estimate of drug-likeness (QED) is 0.670. The van der Waals surface area contributed by atoms with Crippen LogP contribution in [-0.4, -0.2) is 21.1 Å². The highest BCUT2D eigenvalue weighted by Gasteiger charge is 2.36. The fourth-order valence-electron chi connectivity index (χ4n) is 1.88. The van der Waals surface area contributed by atoms with Gasteiger partial charge in [-0.3, -0.25) is 10.2 Å². The van der Waals surface area contributed by atoms with Gasteiger partial charge in [0.15, 0.2) is 0 Å². The fourth-order valence-corrected chi connectivity index (χ4v) is 2.32. The van der Waals surface area contributed by atoms with Crippen LogP contribution in [0.15, 0.2) is 21.7 Å². The van der Waals surface area contributed by atoms with Gasteiger partial charge in [-0.1, -0.05) is 6.92 Å². The molecule has 18 heavy (non-hydrogen) atoms. The first-order valence-electron chi connectivity index (χ1n) is 5.69. The normalized spacial score (nSPS) is 22.7. The van der Waals surface area contributed by atoms with Gasteiger partial charge >= 0.3 is 0 Å². The van der Waals surface area contributed by atoms with Crippen LogP contribution in [0.25, 0.3) is 0 Å². The predicted octanol–water partition coefficient (Wildman–Crippen LogP) is 3.20. The standard InChI is InChI=1S/C11H12N4OS2/c1-6-4-8(6)9-3-2-7(16-9)5-12-15-10(17)13-14-11(15)18/h2-3,5-6,8H,4H2,1H3,(H,13,17)(H,14,18)/b12-5-/t6-,8-/m0/s1. The average molecular weight is 280 g/mol. The van der Waals surface area contributed by atoms with Crippen molar-refractivity contribution in [3.8, 4) is 0 Å². The van der Waals surface area contributed by atoms with Crippen LogP contribution >= 0.6 is 24.4 Å². The lowest BCUT2D eigenvalue weighted by atomic mass is 10.3. The largest absolute Gasteiger partial charge is 0.460 e. The van der Waals surface area contributed by atoms with Gasteiger partial charge in [-0.05, 0) is 48.9 Å². The summed E-state index contributed by atoms with van der Waals surface area (Å²) in [5.74, 6) is 3.05. The third kappa shape index (κ3) is 2.11. The molecular formula is C11H12N4OS2. The fraction of sp³-hybridized carbons (Fsp3) is 0.364. The SMILES string of the molecule is C[C@H]1C[C@@H]1c1ccc(/C=N\n2c(=S)[nH][nH]c2=S)o1. The van der Waals surface area contributed by atoms with E-state index in [0.29, 0.717) is 21.2 Å². The second kappa shape index (κ2) is 4.33. The third-order valence-electron chi connectivity index (χ3n) is 3.08. The van der Waals surface area contributed by atoms with E-state index in [-0.39, 0.29) is 0 Å². The van der Waals surface area contributed by atoms with Crippen LogP contribution in [0.1, 0.15) is 30.8 Å². The Bertz CT molecular complexity index is 677. The number of nitrogens with one attached hydrogen (secondary N) is 2. The molecule has 0 bridgehead atoms. The van der Waals surface area contributed by atoms with Gasteiger partial charge in [0.25, 0.3) is 0 Å². The molecule has 0 aromatic carbocycles. The Balaban J connectivity index is 1.82. The summed E-state index contributed by atoms with van der Waals surface area (Å²) in [7, 11) is 0. The molecule has 0 radical (unpaired) electrons. The molecule has 1 aliphatic rings. The summed E-state index contributed by atoms with van der Waals surface area (Å²) in [5, 5.41) is 9.61. The van der Waals surface area contributed by atoms with E-state index in [9.17, 15) is 0 Å². The molecule has 2 heterocycles. The molecule has 0 amide bonds. The number of hydrogen-bond acceptors (Lipinski definition) is 4. The van der Waals surface area contributed by atoms with E-state index >= 15 is 0 Å². The minimum atomic E-state index is 0.429. The van der Waals surface area contributed by atoms with Crippen molar-refractivity contribution in [2.75, 3.05) is 0 Å². The first-order valence-corrected chi connectivity index (χ1v) is 6.50. The number of hydrogen-bond donors (Lipinski definition) is 2. The van der Waals surface area contributed by atoms with Crippen LogP contribution in [0, 0.1) is 15.5 Å². The lowest BCUT2D eigenvalue weighted by Gasteiger charge is -1.91. The molecule has 1 fully saturated rings. The molecule has 7 heteroatoms. The van der Waals surface area contributed by atoms with Crippen molar-refractivity contribution in [3.63, 3.8) is 0 Å². The second-order valence-corrected chi connectivity index (χ2v) is 5.25.